The van der Waals surface area contributed by atoms with Crippen molar-refractivity contribution in [2.45, 2.75) is 43.0 Å². The van der Waals surface area contributed by atoms with E-state index < -0.39 is 26.1 Å². The van der Waals surface area contributed by atoms with Gasteiger partial charge in [0.05, 0.1) is 9.79 Å². The summed E-state index contributed by atoms with van der Waals surface area (Å²) in [5.41, 5.74) is 1.97. The molecule has 1 saturated heterocycles. The first-order valence-electron chi connectivity index (χ1n) is 9.28. The fourth-order valence-electron chi connectivity index (χ4n) is 3.38. The fraction of sp³-hybridized carbons (Fsp3) is 0.400. The molecule has 1 aliphatic heterocycles. The summed E-state index contributed by atoms with van der Waals surface area (Å²) in [6.07, 6.45) is 0.445. The highest BCUT2D eigenvalue weighted by Gasteiger charge is 2.35. The number of hydrogen-bond donors (Lipinski definition) is 0. The molecule has 0 aliphatic carbocycles. The van der Waals surface area contributed by atoms with Crippen LogP contribution in [0, 0.1) is 13.8 Å². The Hall–Kier alpha value is -1.74. The molecule has 0 aromatic heterocycles. The number of nitrogens with zero attached hydrogens (tertiary/aromatic N) is 2. The topological polar surface area (TPSA) is 74.8 Å². The Balaban J connectivity index is 1.86. The minimum atomic E-state index is -3.68. The highest BCUT2D eigenvalue weighted by atomic mass is 32.2. The molecule has 1 atom stereocenters. The second kappa shape index (κ2) is 7.94. The maximum absolute atomic E-state index is 13.1. The van der Waals surface area contributed by atoms with Gasteiger partial charge < -0.3 is 0 Å². The van der Waals surface area contributed by atoms with Gasteiger partial charge in [-0.25, -0.2) is 16.8 Å². The first kappa shape index (κ1) is 21.0. The van der Waals surface area contributed by atoms with E-state index in [2.05, 4.69) is 0 Å². The van der Waals surface area contributed by atoms with Gasteiger partial charge in [-0.15, -0.1) is 0 Å². The monoisotopic (exact) mass is 422 g/mol. The minimum absolute atomic E-state index is 0.126. The van der Waals surface area contributed by atoms with Crippen molar-refractivity contribution in [2.75, 3.05) is 19.6 Å². The predicted molar refractivity (Wildman–Crippen MR) is 109 cm³/mol. The Labute approximate surface area is 167 Å². The molecule has 0 N–H and O–H groups in total. The molecule has 0 radical (unpaired) electrons. The van der Waals surface area contributed by atoms with Crippen molar-refractivity contribution in [3.63, 3.8) is 0 Å². The average Bonchev–Trinajstić information content (AvgIpc) is 2.85. The second-order valence-electron chi connectivity index (χ2n) is 7.31. The lowest BCUT2D eigenvalue weighted by Crippen LogP contribution is -2.43. The van der Waals surface area contributed by atoms with Crippen LogP contribution in [0.15, 0.2) is 58.3 Å². The molecule has 0 bridgehead atoms. The van der Waals surface area contributed by atoms with Crippen LogP contribution in [0.1, 0.15) is 24.5 Å². The van der Waals surface area contributed by atoms with Crippen molar-refractivity contribution in [1.82, 2.24) is 8.61 Å². The van der Waals surface area contributed by atoms with Crippen molar-refractivity contribution in [3.05, 3.63) is 59.7 Å². The van der Waals surface area contributed by atoms with Crippen molar-refractivity contribution in [3.8, 4) is 0 Å². The normalized spacial score (nSPS) is 20.0. The van der Waals surface area contributed by atoms with Gasteiger partial charge in [0.2, 0.25) is 20.0 Å². The van der Waals surface area contributed by atoms with E-state index in [-0.39, 0.29) is 22.9 Å². The molecule has 6 nitrogen and oxygen atoms in total. The van der Waals surface area contributed by atoms with Gasteiger partial charge in [0.25, 0.3) is 0 Å². The zero-order valence-corrected chi connectivity index (χ0v) is 18.0. The molecule has 1 fully saturated rings. The molecule has 0 amide bonds. The molecule has 2 aromatic rings. The van der Waals surface area contributed by atoms with Crippen LogP contribution in [0.2, 0.25) is 0 Å². The third-order valence-corrected chi connectivity index (χ3v) is 8.94. The zero-order valence-electron chi connectivity index (χ0n) is 16.4. The number of benzene rings is 2. The first-order valence-corrected chi connectivity index (χ1v) is 12.2. The Bertz CT molecular complexity index is 1030. The smallest absolute Gasteiger partial charge is 0.207 e. The van der Waals surface area contributed by atoms with Crippen LogP contribution in [0.25, 0.3) is 0 Å². The minimum Gasteiger partial charge on any atom is -0.207 e. The average molecular weight is 423 g/mol. The molecule has 1 heterocycles. The predicted octanol–water partition coefficient (Wildman–Crippen LogP) is 2.78. The Kier molecular flexibility index (Phi) is 5.95. The van der Waals surface area contributed by atoms with Gasteiger partial charge in [0.1, 0.15) is 0 Å². The van der Waals surface area contributed by atoms with Crippen LogP contribution in [0.4, 0.5) is 0 Å². The lowest BCUT2D eigenvalue weighted by atomic mass is 10.2. The molecular weight excluding hydrogens is 396 g/mol. The van der Waals surface area contributed by atoms with Gasteiger partial charge in [0.15, 0.2) is 0 Å². The third kappa shape index (κ3) is 4.15. The van der Waals surface area contributed by atoms with Crippen LogP contribution in [0.5, 0.6) is 0 Å². The molecule has 8 heteroatoms. The molecule has 28 heavy (non-hydrogen) atoms. The molecule has 0 spiro atoms. The summed E-state index contributed by atoms with van der Waals surface area (Å²) in [6, 6.07) is 13.0. The van der Waals surface area contributed by atoms with Crippen LogP contribution >= 0.6 is 0 Å². The molecular formula is C20H26N2O4S2. The van der Waals surface area contributed by atoms with Crippen LogP contribution < -0.4 is 0 Å². The summed E-state index contributed by atoms with van der Waals surface area (Å²) in [5.74, 6) is 0. The van der Waals surface area contributed by atoms with Crippen molar-refractivity contribution >= 4 is 20.0 Å². The number of aryl methyl sites for hydroxylation is 2. The SMILES string of the molecule is Cc1ccc(S(=O)(=O)N2CCCN(S(=O)(=O)c3ccc(C)cc3)C(C)C2)cc1. The summed E-state index contributed by atoms with van der Waals surface area (Å²) in [7, 11) is -7.34. The highest BCUT2D eigenvalue weighted by molar-refractivity contribution is 7.89. The molecule has 1 unspecified atom stereocenters. The van der Waals surface area contributed by atoms with Crippen molar-refractivity contribution in [2.24, 2.45) is 0 Å². The maximum atomic E-state index is 13.1. The second-order valence-corrected chi connectivity index (χ2v) is 11.1. The molecule has 1 aliphatic rings. The Morgan fingerprint density at radius 3 is 1.71 bits per heavy atom. The third-order valence-electron chi connectivity index (χ3n) is 5.03. The fourth-order valence-corrected chi connectivity index (χ4v) is 6.60. The molecule has 0 saturated carbocycles. The lowest BCUT2D eigenvalue weighted by molar-refractivity contribution is 0.326. The van der Waals surface area contributed by atoms with E-state index in [1.807, 2.05) is 13.8 Å². The standard InChI is InChI=1S/C20H26N2O4S2/c1-16-5-9-19(10-6-16)27(23,24)21-13-4-14-22(18(3)15-21)28(25,26)20-11-7-17(2)8-12-20/h5-12,18H,4,13-15H2,1-3H3. The summed E-state index contributed by atoms with van der Waals surface area (Å²) in [6.45, 7) is 6.27. The van der Waals surface area contributed by atoms with Gasteiger partial charge in [-0.3, -0.25) is 0 Å². The van der Waals surface area contributed by atoms with Crippen molar-refractivity contribution in [1.29, 1.82) is 0 Å². The van der Waals surface area contributed by atoms with Gasteiger partial charge in [-0.05, 0) is 51.5 Å². The summed E-state index contributed by atoms with van der Waals surface area (Å²) in [5, 5.41) is 0. The van der Waals surface area contributed by atoms with Gasteiger partial charge in [-0.1, -0.05) is 35.4 Å². The first-order chi connectivity index (χ1) is 13.1. The largest absolute Gasteiger partial charge is 0.243 e. The zero-order chi connectivity index (χ0) is 20.5. The quantitative estimate of drug-likeness (QED) is 0.759. The lowest BCUT2D eigenvalue weighted by Gasteiger charge is -2.28. The van der Waals surface area contributed by atoms with Gasteiger partial charge in [0, 0.05) is 25.7 Å². The van der Waals surface area contributed by atoms with Crippen molar-refractivity contribution < 1.29 is 16.8 Å². The molecule has 3 rings (SSSR count). The van der Waals surface area contributed by atoms with E-state index in [1.54, 1.807) is 55.5 Å². The number of sulfonamides is 2. The van der Waals surface area contributed by atoms with E-state index in [0.29, 0.717) is 13.0 Å². The van der Waals surface area contributed by atoms with E-state index in [1.165, 1.54) is 8.61 Å². The Morgan fingerprint density at radius 1 is 0.750 bits per heavy atom. The van der Waals surface area contributed by atoms with Gasteiger partial charge in [-0.2, -0.15) is 8.61 Å². The summed E-state index contributed by atoms with van der Waals surface area (Å²) >= 11 is 0. The maximum Gasteiger partial charge on any atom is 0.243 e. The Morgan fingerprint density at radius 2 is 1.21 bits per heavy atom. The van der Waals surface area contributed by atoms with Crippen LogP contribution in [0.3, 0.4) is 0 Å². The van der Waals surface area contributed by atoms with E-state index in [4.69, 9.17) is 0 Å². The highest BCUT2D eigenvalue weighted by Crippen LogP contribution is 2.25. The van der Waals surface area contributed by atoms with Gasteiger partial charge >= 0.3 is 0 Å². The van der Waals surface area contributed by atoms with E-state index in [0.717, 1.165) is 11.1 Å². The molecule has 152 valence electrons. The summed E-state index contributed by atoms with van der Waals surface area (Å²) in [4.78, 5) is 0.472. The van der Waals surface area contributed by atoms with Crippen LogP contribution in [-0.4, -0.2) is 51.1 Å². The number of hydrogen-bond acceptors (Lipinski definition) is 4. The summed E-state index contributed by atoms with van der Waals surface area (Å²) < 4.78 is 55.0. The molecule has 2 aromatic carbocycles. The van der Waals surface area contributed by atoms with E-state index in [9.17, 15) is 16.8 Å². The van der Waals surface area contributed by atoms with Crippen LogP contribution in [-0.2, 0) is 20.0 Å². The number of rotatable bonds is 4. The van der Waals surface area contributed by atoms with E-state index >= 15 is 0 Å².